The van der Waals surface area contributed by atoms with E-state index in [9.17, 15) is 13.2 Å². The maximum absolute atomic E-state index is 13.2. The van der Waals surface area contributed by atoms with Gasteiger partial charge in [0.05, 0.1) is 5.75 Å². The fourth-order valence-corrected chi connectivity index (χ4v) is 4.57. The van der Waals surface area contributed by atoms with Gasteiger partial charge in [0.2, 0.25) is 0 Å². The molecular weight excluding hydrogens is 358 g/mol. The zero-order valence-electron chi connectivity index (χ0n) is 15.8. The number of carbonyl (C=O) groups excluding carboxylic acids is 1. The number of hydrogen-bond donors (Lipinski definition) is 0. The van der Waals surface area contributed by atoms with E-state index in [0.29, 0.717) is 23.7 Å². The van der Waals surface area contributed by atoms with Crippen molar-refractivity contribution in [1.82, 2.24) is 4.90 Å². The zero-order chi connectivity index (χ0) is 19.3. The van der Waals surface area contributed by atoms with Crippen LogP contribution < -0.4 is 0 Å². The molecule has 0 heterocycles. The molecule has 2 aromatic carbocycles. The van der Waals surface area contributed by atoms with Crippen LogP contribution in [0.5, 0.6) is 0 Å². The third kappa shape index (κ3) is 5.67. The van der Waals surface area contributed by atoms with Crippen molar-refractivity contribution in [2.24, 2.45) is 0 Å². The first-order valence-electron chi connectivity index (χ1n) is 9.54. The van der Waals surface area contributed by atoms with Crippen LogP contribution in [0.2, 0.25) is 0 Å². The summed E-state index contributed by atoms with van der Waals surface area (Å²) in [5, 5.41) is 0. The van der Waals surface area contributed by atoms with Gasteiger partial charge in [-0.2, -0.15) is 0 Å². The molecule has 4 nitrogen and oxygen atoms in total. The lowest BCUT2D eigenvalue weighted by molar-refractivity contribution is 0.0684. The van der Waals surface area contributed by atoms with Gasteiger partial charge in [0.15, 0.2) is 9.84 Å². The van der Waals surface area contributed by atoms with E-state index in [-0.39, 0.29) is 11.7 Å². The van der Waals surface area contributed by atoms with Crippen molar-refractivity contribution in [1.29, 1.82) is 0 Å². The van der Waals surface area contributed by atoms with E-state index in [0.717, 1.165) is 19.3 Å². The predicted octanol–water partition coefficient (Wildman–Crippen LogP) is 3.86. The van der Waals surface area contributed by atoms with Crippen LogP contribution in [-0.4, -0.2) is 38.1 Å². The van der Waals surface area contributed by atoms with Crippen molar-refractivity contribution >= 4 is 15.7 Å². The van der Waals surface area contributed by atoms with Gasteiger partial charge >= 0.3 is 0 Å². The Kier molecular flexibility index (Phi) is 6.32. The second-order valence-corrected chi connectivity index (χ2v) is 9.58. The van der Waals surface area contributed by atoms with Crippen molar-refractivity contribution < 1.29 is 13.2 Å². The number of hydrogen-bond acceptors (Lipinski definition) is 3. The lowest BCUT2D eigenvalue weighted by Crippen LogP contribution is -2.40. The Morgan fingerprint density at radius 2 is 1.59 bits per heavy atom. The summed E-state index contributed by atoms with van der Waals surface area (Å²) < 4.78 is 22.9. The smallest absolute Gasteiger partial charge is 0.254 e. The first kappa shape index (κ1) is 19.6. The summed E-state index contributed by atoms with van der Waals surface area (Å²) in [6.45, 7) is 0.707. The van der Waals surface area contributed by atoms with Crippen LogP contribution in [0.4, 0.5) is 0 Å². The second kappa shape index (κ2) is 8.70. The highest BCUT2D eigenvalue weighted by Gasteiger charge is 2.27. The largest absolute Gasteiger partial charge is 0.335 e. The molecule has 1 aliphatic rings. The molecule has 0 bridgehead atoms. The minimum absolute atomic E-state index is 0.00180. The molecule has 5 heteroatoms. The highest BCUT2D eigenvalue weighted by Crippen LogP contribution is 2.25. The van der Waals surface area contributed by atoms with Crippen molar-refractivity contribution in [3.63, 3.8) is 0 Å². The molecule has 1 saturated carbocycles. The highest BCUT2D eigenvalue weighted by atomic mass is 32.2. The minimum Gasteiger partial charge on any atom is -0.335 e. The van der Waals surface area contributed by atoms with Crippen LogP contribution in [0.15, 0.2) is 54.6 Å². The van der Waals surface area contributed by atoms with Gasteiger partial charge in [-0.05, 0) is 42.5 Å². The van der Waals surface area contributed by atoms with E-state index in [1.807, 2.05) is 23.1 Å². The highest BCUT2D eigenvalue weighted by molar-refractivity contribution is 7.89. The summed E-state index contributed by atoms with van der Waals surface area (Å²) in [4.78, 5) is 15.2. The van der Waals surface area contributed by atoms with Crippen molar-refractivity contribution in [2.75, 3.05) is 12.8 Å². The summed E-state index contributed by atoms with van der Waals surface area (Å²) in [6.07, 6.45) is 6.53. The number of rotatable bonds is 7. The average molecular weight is 386 g/mol. The number of benzene rings is 2. The van der Waals surface area contributed by atoms with E-state index in [1.165, 1.54) is 24.7 Å². The molecule has 1 aliphatic carbocycles. The Hall–Kier alpha value is -2.14. The van der Waals surface area contributed by atoms with Gasteiger partial charge in [-0.15, -0.1) is 0 Å². The predicted molar refractivity (Wildman–Crippen MR) is 108 cm³/mol. The number of amides is 1. The van der Waals surface area contributed by atoms with Gasteiger partial charge in [0.1, 0.15) is 0 Å². The van der Waals surface area contributed by atoms with Gasteiger partial charge in [-0.1, -0.05) is 55.3 Å². The van der Waals surface area contributed by atoms with Gasteiger partial charge in [-0.3, -0.25) is 4.79 Å². The van der Waals surface area contributed by atoms with Crippen LogP contribution in [0.1, 0.15) is 47.2 Å². The number of sulfone groups is 1. The molecule has 0 saturated heterocycles. The fraction of sp³-hybridized carbons (Fsp3) is 0.409. The summed E-state index contributed by atoms with van der Waals surface area (Å²) >= 11 is 0. The first-order chi connectivity index (χ1) is 12.9. The zero-order valence-corrected chi connectivity index (χ0v) is 16.6. The molecule has 0 unspecified atom stereocenters. The first-order valence-corrected chi connectivity index (χ1v) is 11.6. The van der Waals surface area contributed by atoms with Crippen LogP contribution in [-0.2, 0) is 22.0 Å². The Labute approximate surface area is 162 Å². The maximum Gasteiger partial charge on any atom is 0.254 e. The summed E-state index contributed by atoms with van der Waals surface area (Å²) in [7, 11) is -3.07. The van der Waals surface area contributed by atoms with Gasteiger partial charge < -0.3 is 4.90 Å². The SMILES string of the molecule is CS(=O)(=O)Cc1ccc(C(=O)N(CCc2ccccc2)C2CCCC2)cc1. The monoisotopic (exact) mass is 385 g/mol. The molecular formula is C22H27NO3S. The molecule has 0 aromatic heterocycles. The van der Waals surface area contributed by atoms with Gasteiger partial charge in [0, 0.05) is 24.4 Å². The van der Waals surface area contributed by atoms with Crippen LogP contribution in [0.25, 0.3) is 0 Å². The Bertz CT molecular complexity index is 854. The molecule has 0 spiro atoms. The minimum atomic E-state index is -3.07. The van der Waals surface area contributed by atoms with E-state index < -0.39 is 9.84 Å². The normalized spacial score (nSPS) is 15.0. The lowest BCUT2D eigenvalue weighted by Gasteiger charge is -2.29. The second-order valence-electron chi connectivity index (χ2n) is 7.44. The molecule has 2 aromatic rings. The average Bonchev–Trinajstić information content (AvgIpc) is 3.16. The van der Waals surface area contributed by atoms with Crippen LogP contribution in [0.3, 0.4) is 0 Å². The summed E-state index contributed by atoms with van der Waals surface area (Å²) in [5.41, 5.74) is 2.58. The third-order valence-corrected chi connectivity index (χ3v) is 6.00. The molecule has 27 heavy (non-hydrogen) atoms. The number of nitrogens with zero attached hydrogens (tertiary/aromatic N) is 1. The van der Waals surface area contributed by atoms with E-state index in [4.69, 9.17) is 0 Å². The maximum atomic E-state index is 13.2. The molecule has 0 aliphatic heterocycles. The molecule has 144 valence electrons. The van der Waals surface area contributed by atoms with Gasteiger partial charge in [-0.25, -0.2) is 8.42 Å². The molecule has 0 atom stereocenters. The van der Waals surface area contributed by atoms with Crippen molar-refractivity contribution in [3.8, 4) is 0 Å². The quantitative estimate of drug-likeness (QED) is 0.727. The fourth-order valence-electron chi connectivity index (χ4n) is 3.77. The molecule has 1 amide bonds. The standard InChI is InChI=1S/C22H27NO3S/c1-27(25,26)17-19-11-13-20(14-12-19)22(24)23(21-9-5-6-10-21)16-15-18-7-3-2-4-8-18/h2-4,7-8,11-14,21H,5-6,9-10,15-17H2,1H3. The summed E-state index contributed by atoms with van der Waals surface area (Å²) in [6, 6.07) is 17.6. The van der Waals surface area contributed by atoms with Gasteiger partial charge in [0.25, 0.3) is 5.91 Å². The molecule has 1 fully saturated rings. The Morgan fingerprint density at radius 1 is 0.963 bits per heavy atom. The third-order valence-electron chi connectivity index (χ3n) is 5.14. The van der Waals surface area contributed by atoms with E-state index in [2.05, 4.69) is 12.1 Å². The van der Waals surface area contributed by atoms with Crippen molar-refractivity contribution in [2.45, 2.75) is 43.9 Å². The van der Waals surface area contributed by atoms with Crippen LogP contribution >= 0.6 is 0 Å². The summed E-state index contributed by atoms with van der Waals surface area (Å²) in [5.74, 6) is 0.0469. The lowest BCUT2D eigenvalue weighted by atomic mass is 10.1. The topological polar surface area (TPSA) is 54.5 Å². The van der Waals surface area contributed by atoms with Crippen molar-refractivity contribution in [3.05, 3.63) is 71.3 Å². The van der Waals surface area contributed by atoms with E-state index in [1.54, 1.807) is 24.3 Å². The molecule has 0 radical (unpaired) electrons. The Morgan fingerprint density at radius 3 is 2.19 bits per heavy atom. The Balaban J connectivity index is 1.73. The van der Waals surface area contributed by atoms with Crippen LogP contribution in [0, 0.1) is 0 Å². The molecule has 0 N–H and O–H groups in total. The number of carbonyl (C=O) groups is 1. The molecule has 3 rings (SSSR count). The van der Waals surface area contributed by atoms with E-state index >= 15 is 0 Å².